The van der Waals surface area contributed by atoms with Gasteiger partial charge in [-0.3, -0.25) is 4.79 Å². The van der Waals surface area contributed by atoms with Crippen LogP contribution in [0.2, 0.25) is 0 Å². The minimum absolute atomic E-state index is 0.141. The normalized spacial score (nSPS) is 22.5. The zero-order valence-corrected chi connectivity index (χ0v) is 11.9. The summed E-state index contributed by atoms with van der Waals surface area (Å²) in [6.07, 6.45) is 4.60. The minimum atomic E-state index is -0.688. The number of hydrogen-bond acceptors (Lipinski definition) is 4. The first-order chi connectivity index (χ1) is 8.96. The Labute approximate surface area is 117 Å². The Balaban J connectivity index is 1.86. The molecule has 2 fully saturated rings. The van der Waals surface area contributed by atoms with Gasteiger partial charge in [-0.25, -0.2) is 4.79 Å². The topological polar surface area (TPSA) is 95.7 Å². The van der Waals surface area contributed by atoms with Crippen LogP contribution in [-0.2, 0) is 4.79 Å². The van der Waals surface area contributed by atoms with Crippen LogP contribution in [0.3, 0.4) is 0 Å². The Bertz CT molecular complexity index is 367. The molecule has 1 aliphatic carbocycles. The molecule has 3 amide bonds. The molecule has 0 spiro atoms. The van der Waals surface area contributed by atoms with Crippen molar-refractivity contribution in [3.63, 3.8) is 0 Å². The number of likely N-dealkylation sites (tertiary alicyclic amines) is 1. The molecule has 7 heteroatoms. The van der Waals surface area contributed by atoms with Crippen LogP contribution in [0.5, 0.6) is 0 Å². The largest absolute Gasteiger partial charge is 0.386 e. The number of nitrogens with two attached hydrogens (primary N) is 1. The van der Waals surface area contributed by atoms with Gasteiger partial charge in [0, 0.05) is 0 Å². The van der Waals surface area contributed by atoms with Crippen molar-refractivity contribution in [3.8, 4) is 0 Å². The number of hydrogen-bond donors (Lipinski definition) is 3. The fourth-order valence-electron chi connectivity index (χ4n) is 2.53. The highest BCUT2D eigenvalue weighted by atomic mass is 32.2. The van der Waals surface area contributed by atoms with Gasteiger partial charge in [-0.1, -0.05) is 0 Å². The van der Waals surface area contributed by atoms with Crippen molar-refractivity contribution in [1.82, 2.24) is 10.2 Å². The third kappa shape index (κ3) is 3.33. The zero-order chi connectivity index (χ0) is 14.0. The van der Waals surface area contributed by atoms with E-state index < -0.39 is 17.7 Å². The van der Waals surface area contributed by atoms with Crippen molar-refractivity contribution >= 4 is 23.7 Å². The van der Waals surface area contributed by atoms with Crippen molar-refractivity contribution in [2.45, 2.75) is 30.9 Å². The van der Waals surface area contributed by atoms with Crippen molar-refractivity contribution in [1.29, 1.82) is 0 Å². The van der Waals surface area contributed by atoms with Crippen molar-refractivity contribution in [3.05, 3.63) is 0 Å². The SMILES string of the molecule is CSCCC(NC(N)=O)C(=O)N1CC(O)(C2CC2)C1. The second kappa shape index (κ2) is 5.58. The number of amides is 3. The first-order valence-corrected chi connectivity index (χ1v) is 7.92. The number of urea groups is 1. The van der Waals surface area contributed by atoms with Crippen LogP contribution in [0.25, 0.3) is 0 Å². The van der Waals surface area contributed by atoms with E-state index in [0.29, 0.717) is 25.4 Å². The molecule has 0 aromatic heterocycles. The highest BCUT2D eigenvalue weighted by molar-refractivity contribution is 7.98. The molecule has 1 heterocycles. The van der Waals surface area contributed by atoms with E-state index in [-0.39, 0.29) is 5.91 Å². The number of β-amino-alcohol motifs (C(OH)–C–C–N with tert-alkyl or cyclic N) is 1. The van der Waals surface area contributed by atoms with E-state index in [0.717, 1.165) is 18.6 Å². The predicted molar refractivity (Wildman–Crippen MR) is 73.8 cm³/mol. The number of nitrogens with one attached hydrogen (secondary N) is 1. The maximum Gasteiger partial charge on any atom is 0.312 e. The van der Waals surface area contributed by atoms with Gasteiger partial charge < -0.3 is 21.1 Å². The summed E-state index contributed by atoms with van der Waals surface area (Å²) in [6, 6.07) is -1.26. The van der Waals surface area contributed by atoms with Gasteiger partial charge in [-0.2, -0.15) is 11.8 Å². The number of thioether (sulfide) groups is 1. The molecule has 0 bridgehead atoms. The molecular formula is C12H21N3O3S. The van der Waals surface area contributed by atoms with Crippen LogP contribution < -0.4 is 11.1 Å². The maximum atomic E-state index is 12.2. The summed E-state index contributed by atoms with van der Waals surface area (Å²) in [5.41, 5.74) is 4.41. The third-order valence-electron chi connectivity index (χ3n) is 3.80. The Hall–Kier alpha value is -0.950. The van der Waals surface area contributed by atoms with Crippen LogP contribution in [0.1, 0.15) is 19.3 Å². The number of carbonyl (C=O) groups excluding carboxylic acids is 2. The van der Waals surface area contributed by atoms with E-state index in [1.165, 1.54) is 0 Å². The summed E-state index contributed by atoms with van der Waals surface area (Å²) < 4.78 is 0. The highest BCUT2D eigenvalue weighted by Crippen LogP contribution is 2.44. The summed E-state index contributed by atoms with van der Waals surface area (Å²) in [4.78, 5) is 24.8. The first-order valence-electron chi connectivity index (χ1n) is 6.52. The number of nitrogens with zero attached hydrogens (tertiary/aromatic N) is 1. The van der Waals surface area contributed by atoms with Crippen LogP contribution in [0.15, 0.2) is 0 Å². The lowest BCUT2D eigenvalue weighted by molar-refractivity contribution is -0.161. The van der Waals surface area contributed by atoms with Crippen molar-refractivity contribution < 1.29 is 14.7 Å². The minimum Gasteiger partial charge on any atom is -0.386 e. The van der Waals surface area contributed by atoms with Gasteiger partial charge in [0.25, 0.3) is 0 Å². The number of carbonyl (C=O) groups is 2. The summed E-state index contributed by atoms with van der Waals surface area (Å²) in [5.74, 6) is 0.987. The second-order valence-electron chi connectivity index (χ2n) is 5.41. The predicted octanol–water partition coefficient (Wildman–Crippen LogP) is -0.240. The molecule has 19 heavy (non-hydrogen) atoms. The molecule has 1 atom stereocenters. The Kier molecular flexibility index (Phi) is 4.25. The number of rotatable bonds is 6. The molecule has 2 rings (SSSR count). The molecule has 108 valence electrons. The molecule has 2 aliphatic rings. The molecule has 6 nitrogen and oxygen atoms in total. The lowest BCUT2D eigenvalue weighted by Gasteiger charge is -2.48. The third-order valence-corrected chi connectivity index (χ3v) is 4.45. The molecule has 1 saturated carbocycles. The first kappa shape index (κ1) is 14.5. The van der Waals surface area contributed by atoms with Crippen LogP contribution in [0, 0.1) is 5.92 Å². The molecule has 0 radical (unpaired) electrons. The summed E-state index contributed by atoms with van der Waals surface area (Å²) in [5, 5.41) is 12.7. The summed E-state index contributed by atoms with van der Waals surface area (Å²) in [6.45, 7) is 0.763. The van der Waals surface area contributed by atoms with Gasteiger partial charge in [-0.05, 0) is 37.2 Å². The zero-order valence-electron chi connectivity index (χ0n) is 11.1. The standard InChI is InChI=1S/C12H21N3O3S/c1-19-5-4-9(14-11(13)17)10(16)15-6-12(18,7-15)8-2-3-8/h8-9,18H,2-7H2,1H3,(H3,13,14,17). The highest BCUT2D eigenvalue weighted by Gasteiger charge is 2.53. The Morgan fingerprint density at radius 3 is 2.63 bits per heavy atom. The summed E-state index contributed by atoms with van der Waals surface area (Å²) >= 11 is 1.61. The van der Waals surface area contributed by atoms with E-state index in [1.54, 1.807) is 16.7 Å². The lowest BCUT2D eigenvalue weighted by atomic mass is 9.88. The number of primary amides is 1. The van der Waals surface area contributed by atoms with Gasteiger partial charge in [0.05, 0.1) is 13.1 Å². The maximum absolute atomic E-state index is 12.2. The van der Waals surface area contributed by atoms with Gasteiger partial charge in [0.1, 0.15) is 11.6 Å². The smallest absolute Gasteiger partial charge is 0.312 e. The van der Waals surface area contributed by atoms with Gasteiger partial charge in [-0.15, -0.1) is 0 Å². The molecule has 1 saturated heterocycles. The van der Waals surface area contributed by atoms with Gasteiger partial charge in [0.15, 0.2) is 0 Å². The quantitative estimate of drug-likeness (QED) is 0.628. The molecule has 0 aromatic rings. The second-order valence-corrected chi connectivity index (χ2v) is 6.40. The van der Waals surface area contributed by atoms with Crippen LogP contribution in [0.4, 0.5) is 4.79 Å². The van der Waals surface area contributed by atoms with Crippen LogP contribution >= 0.6 is 11.8 Å². The fourth-order valence-corrected chi connectivity index (χ4v) is 3.01. The van der Waals surface area contributed by atoms with E-state index in [4.69, 9.17) is 5.73 Å². The Morgan fingerprint density at radius 1 is 1.53 bits per heavy atom. The van der Waals surface area contributed by atoms with E-state index >= 15 is 0 Å². The molecule has 4 N–H and O–H groups in total. The molecular weight excluding hydrogens is 266 g/mol. The summed E-state index contributed by atoms with van der Waals surface area (Å²) in [7, 11) is 0. The van der Waals surface area contributed by atoms with E-state index in [9.17, 15) is 14.7 Å². The monoisotopic (exact) mass is 287 g/mol. The Morgan fingerprint density at radius 2 is 2.16 bits per heavy atom. The van der Waals surface area contributed by atoms with E-state index in [2.05, 4.69) is 5.32 Å². The van der Waals surface area contributed by atoms with Crippen LogP contribution in [-0.4, -0.2) is 58.7 Å². The average molecular weight is 287 g/mol. The van der Waals surface area contributed by atoms with Gasteiger partial charge in [0.2, 0.25) is 5.91 Å². The average Bonchev–Trinajstić information content (AvgIpc) is 3.13. The fraction of sp³-hybridized carbons (Fsp3) is 0.833. The van der Waals surface area contributed by atoms with Gasteiger partial charge >= 0.3 is 6.03 Å². The molecule has 0 aromatic carbocycles. The molecule has 1 unspecified atom stereocenters. The molecule has 1 aliphatic heterocycles. The van der Waals surface area contributed by atoms with Crippen molar-refractivity contribution in [2.24, 2.45) is 11.7 Å². The van der Waals surface area contributed by atoms with E-state index in [1.807, 2.05) is 6.26 Å². The number of aliphatic hydroxyl groups is 1. The lowest BCUT2D eigenvalue weighted by Crippen LogP contribution is -2.67. The van der Waals surface area contributed by atoms with Crippen molar-refractivity contribution in [2.75, 3.05) is 25.1 Å².